The van der Waals surface area contributed by atoms with E-state index in [-0.39, 0.29) is 0 Å². The largest absolute Gasteiger partial charge is 0.355 e. The zero-order chi connectivity index (χ0) is 24.3. The smallest absolute Gasteiger partial charge is 0.0416 e. The molecule has 0 spiro atoms. The van der Waals surface area contributed by atoms with Crippen molar-refractivity contribution in [1.82, 2.24) is 0 Å². The molecule has 0 fully saturated rings. The fourth-order valence-corrected chi connectivity index (χ4v) is 4.83. The topological polar surface area (TPSA) is 12.0 Å². The summed E-state index contributed by atoms with van der Waals surface area (Å²) >= 11 is 0. The monoisotopic (exact) mass is 463 g/mol. The summed E-state index contributed by atoms with van der Waals surface area (Å²) in [4.78, 5) is 0. The molecule has 0 radical (unpaired) electrons. The van der Waals surface area contributed by atoms with E-state index >= 15 is 0 Å². The van der Waals surface area contributed by atoms with E-state index in [1.54, 1.807) is 0 Å². The first-order valence-corrected chi connectivity index (χ1v) is 14.7. The number of nitrogens with one attached hydrogen (secondary N) is 1. The first-order chi connectivity index (χ1) is 16.8. The number of benzene rings is 2. The molecular weight excluding hydrogens is 410 g/mol. The molecule has 1 heteroatoms. The summed E-state index contributed by atoms with van der Waals surface area (Å²) in [7, 11) is 0. The van der Waals surface area contributed by atoms with Crippen LogP contribution in [-0.4, -0.2) is 0 Å². The highest BCUT2D eigenvalue weighted by molar-refractivity contribution is 5.64. The van der Waals surface area contributed by atoms with E-state index in [1.165, 1.54) is 144 Å². The average molecular weight is 464 g/mol. The SMILES string of the molecule is CCCCCCCc1ccc(Nc2ccc(CCCCCCC)cc2CCCCCCC)cc1. The maximum Gasteiger partial charge on any atom is 0.0416 e. The summed E-state index contributed by atoms with van der Waals surface area (Å²) in [6.45, 7) is 6.87. The highest BCUT2D eigenvalue weighted by Gasteiger charge is 2.06. The minimum Gasteiger partial charge on any atom is -0.355 e. The van der Waals surface area contributed by atoms with E-state index in [1.807, 2.05) is 0 Å². The lowest BCUT2D eigenvalue weighted by molar-refractivity contribution is 0.628. The van der Waals surface area contributed by atoms with Gasteiger partial charge in [0.15, 0.2) is 0 Å². The van der Waals surface area contributed by atoms with Gasteiger partial charge in [0.2, 0.25) is 0 Å². The number of unbranched alkanes of at least 4 members (excludes halogenated alkanes) is 12. The highest BCUT2D eigenvalue weighted by atomic mass is 14.9. The molecule has 0 unspecified atom stereocenters. The molecule has 1 N–H and O–H groups in total. The number of hydrogen-bond donors (Lipinski definition) is 1. The molecule has 2 aromatic rings. The van der Waals surface area contributed by atoms with Crippen molar-refractivity contribution in [2.75, 3.05) is 5.32 Å². The van der Waals surface area contributed by atoms with Crippen molar-refractivity contribution in [3.05, 3.63) is 59.2 Å². The molecule has 0 aliphatic heterocycles. The molecule has 2 rings (SSSR count). The molecule has 190 valence electrons. The van der Waals surface area contributed by atoms with Crippen LogP contribution < -0.4 is 5.32 Å². The van der Waals surface area contributed by atoms with Gasteiger partial charge in [0.25, 0.3) is 0 Å². The summed E-state index contributed by atoms with van der Waals surface area (Å²) in [6.07, 6.45) is 23.8. The minimum atomic E-state index is 1.19. The van der Waals surface area contributed by atoms with Crippen LogP contribution in [0.15, 0.2) is 42.5 Å². The van der Waals surface area contributed by atoms with Crippen LogP contribution in [0.3, 0.4) is 0 Å². The first kappa shape index (κ1) is 28.5. The van der Waals surface area contributed by atoms with Gasteiger partial charge >= 0.3 is 0 Å². The van der Waals surface area contributed by atoms with Crippen molar-refractivity contribution >= 4 is 11.4 Å². The number of hydrogen-bond acceptors (Lipinski definition) is 1. The van der Waals surface area contributed by atoms with Crippen LogP contribution in [-0.2, 0) is 19.3 Å². The predicted octanol–water partition coefficient (Wildman–Crippen LogP) is 11.0. The zero-order valence-corrected chi connectivity index (χ0v) is 22.8. The van der Waals surface area contributed by atoms with Crippen LogP contribution in [0.2, 0.25) is 0 Å². The minimum absolute atomic E-state index is 1.19. The fraction of sp³-hybridized carbons (Fsp3) is 0.636. The molecule has 0 saturated heterocycles. The second-order valence-electron chi connectivity index (χ2n) is 10.3. The summed E-state index contributed by atoms with van der Waals surface area (Å²) < 4.78 is 0. The van der Waals surface area contributed by atoms with Gasteiger partial charge in [-0.1, -0.05) is 122 Å². The van der Waals surface area contributed by atoms with Gasteiger partial charge in [0, 0.05) is 11.4 Å². The van der Waals surface area contributed by atoms with E-state index in [4.69, 9.17) is 0 Å². The van der Waals surface area contributed by atoms with Gasteiger partial charge in [-0.3, -0.25) is 0 Å². The van der Waals surface area contributed by atoms with Gasteiger partial charge in [-0.05, 0) is 73.4 Å². The van der Waals surface area contributed by atoms with Crippen molar-refractivity contribution < 1.29 is 0 Å². The van der Waals surface area contributed by atoms with Gasteiger partial charge in [0.1, 0.15) is 0 Å². The molecule has 0 amide bonds. The number of aryl methyl sites for hydroxylation is 3. The maximum absolute atomic E-state index is 3.75. The van der Waals surface area contributed by atoms with Crippen LogP contribution in [0.25, 0.3) is 0 Å². The predicted molar refractivity (Wildman–Crippen MR) is 154 cm³/mol. The Kier molecular flexibility index (Phi) is 15.5. The zero-order valence-electron chi connectivity index (χ0n) is 22.8. The summed E-state index contributed by atoms with van der Waals surface area (Å²) in [6, 6.07) is 16.4. The summed E-state index contributed by atoms with van der Waals surface area (Å²) in [5.41, 5.74) is 7.01. The third kappa shape index (κ3) is 12.1. The molecule has 0 heterocycles. The summed E-state index contributed by atoms with van der Waals surface area (Å²) in [5, 5.41) is 3.75. The van der Waals surface area contributed by atoms with Crippen molar-refractivity contribution in [1.29, 1.82) is 0 Å². The lowest BCUT2D eigenvalue weighted by atomic mass is 9.98. The summed E-state index contributed by atoms with van der Waals surface area (Å²) in [5.74, 6) is 0. The molecule has 34 heavy (non-hydrogen) atoms. The first-order valence-electron chi connectivity index (χ1n) is 14.7. The van der Waals surface area contributed by atoms with E-state index in [0.29, 0.717) is 0 Å². The fourth-order valence-electron chi connectivity index (χ4n) is 4.83. The van der Waals surface area contributed by atoms with Crippen LogP contribution >= 0.6 is 0 Å². The molecule has 0 aliphatic carbocycles. The maximum atomic E-state index is 3.75. The van der Waals surface area contributed by atoms with Crippen LogP contribution in [0, 0.1) is 0 Å². The Labute approximate surface area is 212 Å². The Morgan fingerprint density at radius 2 is 0.941 bits per heavy atom. The van der Waals surface area contributed by atoms with Crippen molar-refractivity contribution in [3.63, 3.8) is 0 Å². The van der Waals surface area contributed by atoms with Gasteiger partial charge in [-0.25, -0.2) is 0 Å². The standard InChI is InChI=1S/C33H53N/c1-4-7-10-13-16-19-29-22-25-32(26-23-29)34-33-27-24-30(20-17-14-11-8-5-2)28-31(33)21-18-15-12-9-6-3/h22-28,34H,4-21H2,1-3H3. The lowest BCUT2D eigenvalue weighted by Gasteiger charge is -2.15. The number of anilines is 2. The molecule has 0 aromatic heterocycles. The molecule has 2 aromatic carbocycles. The Hall–Kier alpha value is -1.76. The van der Waals surface area contributed by atoms with E-state index < -0.39 is 0 Å². The van der Waals surface area contributed by atoms with E-state index in [0.717, 1.165) is 0 Å². The molecule has 0 saturated carbocycles. The van der Waals surface area contributed by atoms with Gasteiger partial charge in [0.05, 0.1) is 0 Å². The van der Waals surface area contributed by atoms with Crippen molar-refractivity contribution in [2.45, 2.75) is 136 Å². The third-order valence-corrected chi connectivity index (χ3v) is 7.09. The van der Waals surface area contributed by atoms with Gasteiger partial charge in [-0.15, -0.1) is 0 Å². The molecular formula is C33H53N. The highest BCUT2D eigenvalue weighted by Crippen LogP contribution is 2.26. The second-order valence-corrected chi connectivity index (χ2v) is 10.3. The molecule has 0 aliphatic rings. The Morgan fingerprint density at radius 1 is 0.471 bits per heavy atom. The second kappa shape index (κ2) is 18.6. The van der Waals surface area contributed by atoms with E-state index in [9.17, 15) is 0 Å². The van der Waals surface area contributed by atoms with Crippen LogP contribution in [0.4, 0.5) is 11.4 Å². The molecule has 1 nitrogen and oxygen atoms in total. The van der Waals surface area contributed by atoms with Crippen molar-refractivity contribution in [2.24, 2.45) is 0 Å². The quantitative estimate of drug-likeness (QED) is 0.192. The Morgan fingerprint density at radius 3 is 1.50 bits per heavy atom. The third-order valence-electron chi connectivity index (χ3n) is 7.09. The Bertz CT molecular complexity index is 746. The van der Waals surface area contributed by atoms with Crippen LogP contribution in [0.1, 0.15) is 134 Å². The molecule has 0 atom stereocenters. The molecule has 0 bridgehead atoms. The van der Waals surface area contributed by atoms with E-state index in [2.05, 4.69) is 68.6 Å². The Balaban J connectivity index is 1.94. The van der Waals surface area contributed by atoms with Gasteiger partial charge in [-0.2, -0.15) is 0 Å². The average Bonchev–Trinajstić information content (AvgIpc) is 2.86. The van der Waals surface area contributed by atoms with Crippen molar-refractivity contribution in [3.8, 4) is 0 Å². The lowest BCUT2D eigenvalue weighted by Crippen LogP contribution is -1.99. The normalized spacial score (nSPS) is 11.1. The van der Waals surface area contributed by atoms with Gasteiger partial charge < -0.3 is 5.32 Å². The number of rotatable bonds is 20. The van der Waals surface area contributed by atoms with Crippen LogP contribution in [0.5, 0.6) is 0 Å².